The third-order valence-corrected chi connectivity index (χ3v) is 3.99. The van der Waals surface area contributed by atoms with Gasteiger partial charge in [0, 0.05) is 25.2 Å². The zero-order valence-electron chi connectivity index (χ0n) is 14.2. The predicted molar refractivity (Wildman–Crippen MR) is 83.7 cm³/mol. The number of nitrogens with zero attached hydrogens (tertiary/aromatic N) is 3. The van der Waals surface area contributed by atoms with Gasteiger partial charge in [-0.2, -0.15) is 0 Å². The van der Waals surface area contributed by atoms with E-state index in [1.807, 2.05) is 13.8 Å². The minimum absolute atomic E-state index is 0.00594. The van der Waals surface area contributed by atoms with Gasteiger partial charge in [-0.05, 0) is 19.8 Å². The van der Waals surface area contributed by atoms with Crippen LogP contribution < -0.4 is 0 Å². The maximum atomic E-state index is 12.5. The fourth-order valence-electron chi connectivity index (χ4n) is 2.82. The van der Waals surface area contributed by atoms with Crippen molar-refractivity contribution >= 4 is 11.8 Å². The zero-order chi connectivity index (χ0) is 17.1. The van der Waals surface area contributed by atoms with E-state index < -0.39 is 6.10 Å². The van der Waals surface area contributed by atoms with Crippen molar-refractivity contribution in [3.05, 3.63) is 17.0 Å². The van der Waals surface area contributed by atoms with Crippen molar-refractivity contribution in [3.63, 3.8) is 0 Å². The Labute approximate surface area is 136 Å². The molecule has 0 saturated carbocycles. The molecule has 0 spiro atoms. The van der Waals surface area contributed by atoms with Gasteiger partial charge in [-0.1, -0.05) is 19.0 Å². The third-order valence-electron chi connectivity index (χ3n) is 3.99. The number of amides is 2. The fourth-order valence-corrected chi connectivity index (χ4v) is 2.82. The minimum Gasteiger partial charge on any atom is -0.389 e. The van der Waals surface area contributed by atoms with Gasteiger partial charge in [0.15, 0.2) is 0 Å². The van der Waals surface area contributed by atoms with Crippen LogP contribution in [0, 0.1) is 19.8 Å². The lowest BCUT2D eigenvalue weighted by Gasteiger charge is -2.23. The average molecular weight is 323 g/mol. The summed E-state index contributed by atoms with van der Waals surface area (Å²) in [6.45, 7) is 8.61. The van der Waals surface area contributed by atoms with Crippen LogP contribution in [0.3, 0.4) is 0 Å². The summed E-state index contributed by atoms with van der Waals surface area (Å²) in [6, 6.07) is 0. The van der Waals surface area contributed by atoms with Crippen molar-refractivity contribution in [3.8, 4) is 0 Å². The molecule has 1 N–H and O–H groups in total. The van der Waals surface area contributed by atoms with Crippen LogP contribution in [-0.2, 0) is 16.0 Å². The molecule has 128 valence electrons. The maximum absolute atomic E-state index is 12.5. The lowest BCUT2D eigenvalue weighted by atomic mass is 10.1. The third kappa shape index (κ3) is 4.31. The van der Waals surface area contributed by atoms with Gasteiger partial charge in [0.05, 0.1) is 24.8 Å². The summed E-state index contributed by atoms with van der Waals surface area (Å²) in [7, 11) is 0. The summed E-state index contributed by atoms with van der Waals surface area (Å²) in [6.07, 6.45) is -0.598. The summed E-state index contributed by atoms with van der Waals surface area (Å²) >= 11 is 0. The molecule has 0 aliphatic carbocycles. The van der Waals surface area contributed by atoms with E-state index in [1.54, 1.807) is 18.7 Å². The van der Waals surface area contributed by atoms with Gasteiger partial charge < -0.3 is 19.4 Å². The van der Waals surface area contributed by atoms with Crippen molar-refractivity contribution in [2.75, 3.05) is 26.2 Å². The van der Waals surface area contributed by atoms with Gasteiger partial charge in [0.1, 0.15) is 5.76 Å². The lowest BCUT2D eigenvalue weighted by Crippen LogP contribution is -2.41. The Bertz CT molecular complexity index is 562. The highest BCUT2D eigenvalue weighted by Crippen LogP contribution is 2.15. The molecule has 1 unspecified atom stereocenters. The molecule has 7 heteroatoms. The number of hydrogen-bond donors (Lipinski definition) is 1. The van der Waals surface area contributed by atoms with Gasteiger partial charge in [0.2, 0.25) is 11.8 Å². The number of aliphatic hydroxyl groups is 1. The second-order valence-corrected chi connectivity index (χ2v) is 6.60. The standard InChI is InChI=1S/C16H25N3O4/c1-10(2)6-18-7-13(20)8-19(9-16(18)22)15(21)5-14-11(3)17-23-12(14)4/h10,13,20H,5-9H2,1-4H3. The number of carbonyl (C=O) groups excluding carboxylic acids is 2. The molecule has 23 heavy (non-hydrogen) atoms. The van der Waals surface area contributed by atoms with Crippen LogP contribution in [0.15, 0.2) is 4.52 Å². The summed E-state index contributed by atoms with van der Waals surface area (Å²) in [4.78, 5) is 27.9. The van der Waals surface area contributed by atoms with Crippen LogP contribution in [0.1, 0.15) is 30.9 Å². The molecule has 1 fully saturated rings. The molecule has 1 atom stereocenters. The summed E-state index contributed by atoms with van der Waals surface area (Å²) in [5, 5.41) is 14.0. The summed E-state index contributed by atoms with van der Waals surface area (Å²) in [5.41, 5.74) is 1.43. The number of aromatic nitrogens is 1. The van der Waals surface area contributed by atoms with Crippen LogP contribution in [0.4, 0.5) is 0 Å². The van der Waals surface area contributed by atoms with Crippen molar-refractivity contribution in [1.82, 2.24) is 15.0 Å². The number of carbonyl (C=O) groups is 2. The Kier molecular flexibility index (Phi) is 5.41. The van der Waals surface area contributed by atoms with Gasteiger partial charge in [-0.3, -0.25) is 9.59 Å². The SMILES string of the molecule is Cc1noc(C)c1CC(=O)N1CC(=O)N(CC(C)C)CC(O)C1. The Balaban J connectivity index is 2.07. The van der Waals surface area contributed by atoms with E-state index in [0.29, 0.717) is 23.9 Å². The highest BCUT2D eigenvalue weighted by Gasteiger charge is 2.30. The molecule has 1 aliphatic heterocycles. The van der Waals surface area contributed by atoms with Gasteiger partial charge >= 0.3 is 0 Å². The number of aryl methyl sites for hydroxylation is 2. The van der Waals surface area contributed by atoms with E-state index >= 15 is 0 Å². The van der Waals surface area contributed by atoms with Gasteiger partial charge in [-0.25, -0.2) is 0 Å². The van der Waals surface area contributed by atoms with E-state index in [-0.39, 0.29) is 37.9 Å². The van der Waals surface area contributed by atoms with E-state index in [4.69, 9.17) is 4.52 Å². The Hall–Kier alpha value is -1.89. The molecule has 1 aromatic heterocycles. The predicted octanol–water partition coefficient (Wildman–Crippen LogP) is 0.522. The molecule has 2 amide bonds. The zero-order valence-corrected chi connectivity index (χ0v) is 14.2. The molecule has 2 rings (SSSR count). The molecule has 2 heterocycles. The van der Waals surface area contributed by atoms with Crippen molar-refractivity contribution in [1.29, 1.82) is 0 Å². The van der Waals surface area contributed by atoms with E-state index in [2.05, 4.69) is 5.16 Å². The first-order valence-corrected chi connectivity index (χ1v) is 7.93. The van der Waals surface area contributed by atoms with Crippen LogP contribution >= 0.6 is 0 Å². The van der Waals surface area contributed by atoms with Crippen molar-refractivity contribution in [2.45, 2.75) is 40.2 Å². The number of rotatable bonds is 4. The molecule has 0 bridgehead atoms. The monoisotopic (exact) mass is 323 g/mol. The van der Waals surface area contributed by atoms with Gasteiger partial charge in [0.25, 0.3) is 0 Å². The Morgan fingerprint density at radius 1 is 1.39 bits per heavy atom. The van der Waals surface area contributed by atoms with Crippen LogP contribution in [0.2, 0.25) is 0 Å². The first-order chi connectivity index (χ1) is 10.8. The second-order valence-electron chi connectivity index (χ2n) is 6.60. The minimum atomic E-state index is -0.728. The average Bonchev–Trinajstić information content (AvgIpc) is 2.68. The molecule has 0 radical (unpaired) electrons. The molecule has 1 aliphatic rings. The highest BCUT2D eigenvalue weighted by atomic mass is 16.5. The lowest BCUT2D eigenvalue weighted by molar-refractivity contribution is -0.138. The normalized spacial score (nSPS) is 19.4. The van der Waals surface area contributed by atoms with Crippen LogP contribution in [0.5, 0.6) is 0 Å². The highest BCUT2D eigenvalue weighted by molar-refractivity contribution is 5.86. The molecule has 1 aromatic rings. The quantitative estimate of drug-likeness (QED) is 0.873. The van der Waals surface area contributed by atoms with E-state index in [9.17, 15) is 14.7 Å². The summed E-state index contributed by atoms with van der Waals surface area (Å²) < 4.78 is 5.07. The Morgan fingerprint density at radius 2 is 2.09 bits per heavy atom. The van der Waals surface area contributed by atoms with Crippen molar-refractivity contribution < 1.29 is 19.2 Å². The molecule has 7 nitrogen and oxygen atoms in total. The summed E-state index contributed by atoms with van der Waals surface area (Å²) in [5.74, 6) is 0.607. The van der Waals surface area contributed by atoms with Crippen LogP contribution in [0.25, 0.3) is 0 Å². The second kappa shape index (κ2) is 7.12. The van der Waals surface area contributed by atoms with Gasteiger partial charge in [-0.15, -0.1) is 0 Å². The molecule has 0 aromatic carbocycles. The number of hydrogen-bond acceptors (Lipinski definition) is 5. The molecule has 1 saturated heterocycles. The maximum Gasteiger partial charge on any atom is 0.242 e. The number of aliphatic hydroxyl groups excluding tert-OH is 1. The number of β-amino-alcohol motifs (C(OH)–C–C–N with tert-alkyl or cyclic N) is 1. The topological polar surface area (TPSA) is 86.9 Å². The van der Waals surface area contributed by atoms with E-state index in [1.165, 1.54) is 4.90 Å². The first-order valence-electron chi connectivity index (χ1n) is 7.93. The molecular formula is C16H25N3O4. The smallest absolute Gasteiger partial charge is 0.242 e. The van der Waals surface area contributed by atoms with E-state index in [0.717, 1.165) is 5.56 Å². The molecular weight excluding hydrogens is 298 g/mol. The largest absolute Gasteiger partial charge is 0.389 e. The fraction of sp³-hybridized carbons (Fsp3) is 0.688. The Morgan fingerprint density at radius 3 is 2.65 bits per heavy atom. The van der Waals surface area contributed by atoms with Crippen molar-refractivity contribution in [2.24, 2.45) is 5.92 Å². The van der Waals surface area contributed by atoms with Crippen LogP contribution in [-0.4, -0.2) is 64.2 Å². The first kappa shape index (κ1) is 17.5.